The molecule has 4 N–H and O–H groups in total. The van der Waals surface area contributed by atoms with Crippen LogP contribution in [0.1, 0.15) is 119 Å². The predicted octanol–water partition coefficient (Wildman–Crippen LogP) is 9.52. The topological polar surface area (TPSA) is 192 Å². The van der Waals surface area contributed by atoms with Crippen LogP contribution in [0.15, 0.2) is 78.0 Å². The highest BCUT2D eigenvalue weighted by Crippen LogP contribution is 2.55. The van der Waals surface area contributed by atoms with Gasteiger partial charge in [0.25, 0.3) is 21.6 Å². The molecule has 360 valence electrons. The Hall–Kier alpha value is -5.78. The van der Waals surface area contributed by atoms with E-state index < -0.39 is 42.9 Å². The number of nitro groups is 1. The number of pyridine rings is 1. The Balaban J connectivity index is 0.862. The number of rotatable bonds is 10. The minimum absolute atomic E-state index is 0.0196. The van der Waals surface area contributed by atoms with Gasteiger partial charge in [-0.3, -0.25) is 19.8 Å². The van der Waals surface area contributed by atoms with Crippen LogP contribution in [-0.4, -0.2) is 83.1 Å². The van der Waals surface area contributed by atoms with Crippen LogP contribution in [0, 0.1) is 27.3 Å². The highest BCUT2D eigenvalue weighted by atomic mass is 32.2. The first-order valence-electron chi connectivity index (χ1n) is 23.9. The van der Waals surface area contributed by atoms with Gasteiger partial charge in [0.05, 0.1) is 38.6 Å². The maximum Gasteiger partial charge on any atom is 0.297 e. The molecule has 2 saturated carbocycles. The Labute approximate surface area is 396 Å². The predicted molar refractivity (Wildman–Crippen MR) is 257 cm³/mol. The number of halogens is 1. The number of fused-ring (bicyclic) bond motifs is 2. The number of nitrogens with zero attached hydrogens (tertiary/aromatic N) is 4. The normalized spacial score (nSPS) is 24.2. The third-order valence-electron chi connectivity index (χ3n) is 15.5. The number of aliphatic hydroxyl groups is 1. The number of piperidine rings is 1. The number of benzene rings is 3. The van der Waals surface area contributed by atoms with Crippen LogP contribution >= 0.6 is 0 Å². The molecule has 2 saturated heterocycles. The smallest absolute Gasteiger partial charge is 0.297 e. The zero-order valence-electron chi connectivity index (χ0n) is 39.0. The molecule has 5 aromatic rings. The number of amides is 1. The lowest BCUT2D eigenvalue weighted by atomic mass is 9.59. The summed E-state index contributed by atoms with van der Waals surface area (Å²) in [6.07, 6.45) is 11.8. The van der Waals surface area contributed by atoms with Gasteiger partial charge in [-0.2, -0.15) is 0 Å². The van der Waals surface area contributed by atoms with Crippen LogP contribution in [0.5, 0.6) is 17.2 Å². The first kappa shape index (κ1) is 46.0. The largest absolute Gasteiger partial charge is 0.489 e. The van der Waals surface area contributed by atoms with E-state index in [0.717, 1.165) is 57.1 Å². The molecular formula is C51H60FN7O8S. The molecule has 10 rings (SSSR count). The highest BCUT2D eigenvalue weighted by Gasteiger charge is 2.50. The van der Waals surface area contributed by atoms with Crippen LogP contribution in [0.2, 0.25) is 0 Å². The molecular weight excluding hydrogens is 890 g/mol. The van der Waals surface area contributed by atoms with Crippen molar-refractivity contribution in [2.24, 2.45) is 11.3 Å². The SMILES string of the molecule is CC(C)(C)c1ccccc1[C@@H]1CCCN1C1CC2(CCN(c3ccc(C(=O)NS(=O)(=O)c4cc5c(c([N+](=O)[O-])c4)N[C@@H]([C@H]4CC[C@](C)(O)CC4)CO5)c(Oc4cnc5[nH]cc(F)c5c4)c3)CC2)C1. The van der Waals surface area contributed by atoms with Crippen LogP contribution in [0.4, 0.5) is 21.5 Å². The number of likely N-dealkylation sites (tertiary alicyclic amines) is 1. The van der Waals surface area contributed by atoms with Crippen molar-refractivity contribution in [3.05, 3.63) is 106 Å². The number of ether oxygens (including phenoxy) is 2. The average molecular weight is 950 g/mol. The molecule has 2 atom stereocenters. The van der Waals surface area contributed by atoms with Crippen molar-refractivity contribution in [1.29, 1.82) is 0 Å². The van der Waals surface area contributed by atoms with E-state index in [1.54, 1.807) is 19.1 Å². The molecule has 15 nitrogen and oxygen atoms in total. The molecule has 2 aliphatic carbocycles. The van der Waals surface area contributed by atoms with Gasteiger partial charge in [-0.25, -0.2) is 22.5 Å². The van der Waals surface area contributed by atoms with E-state index in [1.165, 1.54) is 54.6 Å². The summed E-state index contributed by atoms with van der Waals surface area (Å²) in [5.74, 6) is -1.37. The summed E-state index contributed by atoms with van der Waals surface area (Å²) in [6, 6.07) is 18.1. The number of nitro benzene ring substituents is 1. The summed E-state index contributed by atoms with van der Waals surface area (Å²) < 4.78 is 57.0. The number of hydrogen-bond donors (Lipinski definition) is 4. The van der Waals surface area contributed by atoms with Crippen LogP contribution in [-0.2, 0) is 15.4 Å². The van der Waals surface area contributed by atoms with Crippen LogP contribution < -0.4 is 24.4 Å². The summed E-state index contributed by atoms with van der Waals surface area (Å²) in [4.78, 5) is 37.3. The van der Waals surface area contributed by atoms with E-state index in [0.29, 0.717) is 43.4 Å². The zero-order chi connectivity index (χ0) is 47.8. The van der Waals surface area contributed by atoms with Gasteiger partial charge < -0.3 is 29.8 Å². The molecule has 5 aliphatic rings. The van der Waals surface area contributed by atoms with Crippen molar-refractivity contribution in [2.45, 2.75) is 126 Å². The average Bonchev–Trinajstić information content (AvgIpc) is 3.93. The Morgan fingerprint density at radius 2 is 1.78 bits per heavy atom. The number of aromatic amines is 1. The lowest BCUT2D eigenvalue weighted by Gasteiger charge is -2.56. The quantitative estimate of drug-likeness (QED) is 0.0767. The summed E-state index contributed by atoms with van der Waals surface area (Å²) in [6.45, 7) is 11.5. The third-order valence-corrected chi connectivity index (χ3v) is 16.8. The minimum atomic E-state index is -4.71. The Bertz CT molecular complexity index is 2870. The Morgan fingerprint density at radius 3 is 2.51 bits per heavy atom. The number of carbonyl (C=O) groups excluding carboxylic acids is 1. The van der Waals surface area contributed by atoms with Gasteiger partial charge in [0.2, 0.25) is 0 Å². The molecule has 3 aromatic carbocycles. The summed E-state index contributed by atoms with van der Waals surface area (Å²) in [5.41, 5.74) is 2.94. The molecule has 2 aromatic heterocycles. The fourth-order valence-corrected chi connectivity index (χ4v) is 12.7. The monoisotopic (exact) mass is 949 g/mol. The van der Waals surface area contributed by atoms with Crippen molar-refractivity contribution in [3.63, 3.8) is 0 Å². The van der Waals surface area contributed by atoms with Crippen molar-refractivity contribution in [2.75, 3.05) is 36.5 Å². The van der Waals surface area contributed by atoms with Gasteiger partial charge in [-0.1, -0.05) is 45.0 Å². The maximum atomic E-state index is 14.7. The molecule has 1 amide bonds. The Kier molecular flexibility index (Phi) is 11.7. The van der Waals surface area contributed by atoms with Gasteiger partial charge >= 0.3 is 0 Å². The number of carbonyl (C=O) groups is 1. The molecule has 3 aliphatic heterocycles. The van der Waals surface area contributed by atoms with Gasteiger partial charge in [-0.05, 0) is 124 Å². The fourth-order valence-electron chi connectivity index (χ4n) is 11.7. The van der Waals surface area contributed by atoms with E-state index in [4.69, 9.17) is 9.47 Å². The van der Waals surface area contributed by atoms with Crippen LogP contribution in [0.3, 0.4) is 0 Å². The second kappa shape index (κ2) is 17.3. The first-order chi connectivity index (χ1) is 32.4. The number of aromatic nitrogens is 2. The van der Waals surface area contributed by atoms with Gasteiger partial charge in [-0.15, -0.1) is 0 Å². The molecule has 5 heterocycles. The van der Waals surface area contributed by atoms with Crippen molar-refractivity contribution >= 4 is 44.0 Å². The second-order valence-corrected chi connectivity index (χ2v) is 22.9. The molecule has 68 heavy (non-hydrogen) atoms. The Morgan fingerprint density at radius 1 is 1.03 bits per heavy atom. The van der Waals surface area contributed by atoms with E-state index >= 15 is 0 Å². The van der Waals surface area contributed by atoms with Crippen molar-refractivity contribution in [3.8, 4) is 17.2 Å². The van der Waals surface area contributed by atoms with Crippen molar-refractivity contribution in [1.82, 2.24) is 19.6 Å². The maximum absolute atomic E-state index is 14.7. The molecule has 1 spiro atoms. The molecule has 0 bridgehead atoms. The first-order valence-corrected chi connectivity index (χ1v) is 25.4. The summed E-state index contributed by atoms with van der Waals surface area (Å²) in [7, 11) is -4.71. The standard InChI is InChI=1S/C51H60FN7O8S/c1-49(2,3)39-9-6-5-8-36(39)42-10-7-19-58(42)33-26-51(27-33)17-20-57(21-18-51)32-11-12-37(44(22-32)67-34-23-38-40(52)29-54-47(38)53-28-34)48(60)56-68(64,65)35-24-43(59(62)63)46-45(25-35)66-30-41(55-46)31-13-15-50(4,61)16-14-31/h5-6,8-9,11-12,22-25,28-29,31,33,41-42,55,61H,7,10,13-21,26-27,30H2,1-4H3,(H,53,54)(H,56,60)/t31-,41-,42+,50-/m1/s1. The molecule has 17 heteroatoms. The van der Waals surface area contributed by atoms with Gasteiger partial charge in [0.1, 0.15) is 29.6 Å². The fraction of sp³-hybridized carbons (Fsp3) is 0.490. The number of sulfonamides is 1. The minimum Gasteiger partial charge on any atom is -0.489 e. The van der Waals surface area contributed by atoms with E-state index in [2.05, 4.69) is 74.8 Å². The zero-order valence-corrected chi connectivity index (χ0v) is 39.8. The number of anilines is 2. The third kappa shape index (κ3) is 8.88. The molecule has 0 radical (unpaired) electrons. The lowest BCUT2D eigenvalue weighted by Crippen LogP contribution is -2.55. The van der Waals surface area contributed by atoms with E-state index in [9.17, 15) is 32.8 Å². The number of H-pyrrole nitrogens is 1. The van der Waals surface area contributed by atoms with Gasteiger partial charge in [0.15, 0.2) is 11.4 Å². The molecule has 0 unspecified atom stereocenters. The van der Waals surface area contributed by atoms with E-state index in [-0.39, 0.29) is 63.3 Å². The highest BCUT2D eigenvalue weighted by molar-refractivity contribution is 7.90. The lowest BCUT2D eigenvalue weighted by molar-refractivity contribution is -0.384. The van der Waals surface area contributed by atoms with Crippen molar-refractivity contribution < 1.29 is 37.1 Å². The number of hydrogen-bond acceptors (Lipinski definition) is 12. The van der Waals surface area contributed by atoms with Crippen LogP contribution in [0.25, 0.3) is 11.0 Å². The number of nitrogens with one attached hydrogen (secondary N) is 3. The summed E-state index contributed by atoms with van der Waals surface area (Å²) >= 11 is 0. The van der Waals surface area contributed by atoms with Gasteiger partial charge in [0, 0.05) is 55.3 Å². The molecule has 4 fully saturated rings. The van der Waals surface area contributed by atoms with E-state index in [1.807, 2.05) is 0 Å². The second-order valence-electron chi connectivity index (χ2n) is 21.2. The summed E-state index contributed by atoms with van der Waals surface area (Å²) in [5, 5.41) is 26.2.